The maximum Gasteiger partial charge on any atom is 0.269 e. The first-order valence-electron chi connectivity index (χ1n) is 7.65. The van der Waals surface area contributed by atoms with Crippen LogP contribution in [-0.4, -0.2) is 45.1 Å². The van der Waals surface area contributed by atoms with Crippen molar-refractivity contribution in [2.45, 2.75) is 19.1 Å². The Hall–Kier alpha value is -3.03. The number of carbonyl (C=O) groups excluding carboxylic acids is 3. The smallest absolute Gasteiger partial charge is 0.269 e. The van der Waals surface area contributed by atoms with Crippen LogP contribution in [0.2, 0.25) is 0 Å². The lowest BCUT2D eigenvalue weighted by Gasteiger charge is -2.26. The number of rotatable bonds is 4. The van der Waals surface area contributed by atoms with E-state index in [1.54, 1.807) is 12.1 Å². The monoisotopic (exact) mass is 340 g/mol. The molecule has 0 radical (unpaired) electrons. The summed E-state index contributed by atoms with van der Waals surface area (Å²) in [4.78, 5) is 37.7. The Labute approximate surface area is 143 Å². The van der Waals surface area contributed by atoms with Crippen LogP contribution in [0.3, 0.4) is 0 Å². The van der Waals surface area contributed by atoms with Crippen LogP contribution in [0.25, 0.3) is 11.1 Å². The molecular formula is C18H16N2O5. The van der Waals surface area contributed by atoms with Gasteiger partial charge in [0.25, 0.3) is 17.7 Å². The molecule has 7 nitrogen and oxygen atoms in total. The Morgan fingerprint density at radius 2 is 1.64 bits per heavy atom. The van der Waals surface area contributed by atoms with E-state index in [4.69, 9.17) is 5.21 Å². The predicted molar refractivity (Wildman–Crippen MR) is 87.8 cm³/mol. The summed E-state index contributed by atoms with van der Waals surface area (Å²) < 4.78 is 0. The molecule has 0 fully saturated rings. The van der Waals surface area contributed by atoms with Gasteiger partial charge in [-0.15, -0.1) is 0 Å². The molecule has 0 aromatic heterocycles. The van der Waals surface area contributed by atoms with Gasteiger partial charge in [0, 0.05) is 0 Å². The fourth-order valence-corrected chi connectivity index (χ4v) is 2.94. The first kappa shape index (κ1) is 16.8. The van der Waals surface area contributed by atoms with Gasteiger partial charge in [-0.25, -0.2) is 5.48 Å². The van der Waals surface area contributed by atoms with Crippen molar-refractivity contribution in [3.63, 3.8) is 0 Å². The first-order chi connectivity index (χ1) is 12.0. The summed E-state index contributed by atoms with van der Waals surface area (Å²) in [6, 6.07) is 12.6. The summed E-state index contributed by atoms with van der Waals surface area (Å²) in [6.45, 7) is 1.26. The Bertz CT molecular complexity index is 848. The van der Waals surface area contributed by atoms with Crippen molar-refractivity contribution in [1.82, 2.24) is 10.4 Å². The van der Waals surface area contributed by atoms with E-state index in [0.717, 1.165) is 11.1 Å². The number of carbonyl (C=O) groups is 3. The topological polar surface area (TPSA) is 107 Å². The minimum absolute atomic E-state index is 0.154. The van der Waals surface area contributed by atoms with Crippen molar-refractivity contribution in [1.29, 1.82) is 0 Å². The molecule has 2 unspecified atom stereocenters. The highest BCUT2D eigenvalue weighted by Crippen LogP contribution is 2.30. The van der Waals surface area contributed by atoms with E-state index < -0.39 is 29.9 Å². The number of fused-ring (bicyclic) bond motifs is 1. The summed E-state index contributed by atoms with van der Waals surface area (Å²) in [5.41, 5.74) is 3.32. The van der Waals surface area contributed by atoms with Crippen LogP contribution in [0, 0.1) is 0 Å². The third kappa shape index (κ3) is 2.79. The molecule has 0 saturated heterocycles. The zero-order valence-corrected chi connectivity index (χ0v) is 13.3. The van der Waals surface area contributed by atoms with Crippen LogP contribution in [0.1, 0.15) is 27.6 Å². The molecule has 0 saturated carbocycles. The van der Waals surface area contributed by atoms with Gasteiger partial charge in [0.15, 0.2) is 0 Å². The van der Waals surface area contributed by atoms with Gasteiger partial charge in [-0.3, -0.25) is 24.5 Å². The van der Waals surface area contributed by atoms with Crippen molar-refractivity contribution < 1.29 is 24.7 Å². The third-order valence-corrected chi connectivity index (χ3v) is 4.14. The number of imide groups is 1. The second-order valence-electron chi connectivity index (χ2n) is 5.77. The number of benzene rings is 2. The van der Waals surface area contributed by atoms with Gasteiger partial charge in [-0.05, 0) is 30.2 Å². The summed E-state index contributed by atoms with van der Waals surface area (Å²) in [5, 5.41) is 18.6. The highest BCUT2D eigenvalue weighted by molar-refractivity contribution is 6.23. The molecule has 128 valence electrons. The van der Waals surface area contributed by atoms with E-state index in [-0.39, 0.29) is 11.1 Å². The molecule has 7 heteroatoms. The van der Waals surface area contributed by atoms with Crippen LogP contribution in [0.15, 0.2) is 48.5 Å². The van der Waals surface area contributed by atoms with Crippen LogP contribution in [-0.2, 0) is 4.79 Å². The molecule has 2 atom stereocenters. The number of hydroxylamine groups is 1. The summed E-state index contributed by atoms with van der Waals surface area (Å²) >= 11 is 0. The predicted octanol–water partition coefficient (Wildman–Crippen LogP) is 1.20. The van der Waals surface area contributed by atoms with Crippen molar-refractivity contribution in [3.05, 3.63) is 59.7 Å². The van der Waals surface area contributed by atoms with Gasteiger partial charge in [0.2, 0.25) is 0 Å². The van der Waals surface area contributed by atoms with Gasteiger partial charge in [0.05, 0.1) is 17.2 Å². The Balaban J connectivity index is 2.03. The minimum atomic E-state index is -1.52. The van der Waals surface area contributed by atoms with Gasteiger partial charge in [-0.2, -0.15) is 0 Å². The summed E-state index contributed by atoms with van der Waals surface area (Å²) in [7, 11) is 0. The molecule has 0 aliphatic carbocycles. The summed E-state index contributed by atoms with van der Waals surface area (Å²) in [6.07, 6.45) is -1.34. The van der Waals surface area contributed by atoms with Crippen LogP contribution < -0.4 is 5.48 Å². The van der Waals surface area contributed by atoms with Crippen LogP contribution in [0.5, 0.6) is 0 Å². The number of nitrogens with zero attached hydrogens (tertiary/aromatic N) is 1. The van der Waals surface area contributed by atoms with E-state index >= 15 is 0 Å². The Morgan fingerprint density at radius 1 is 1.00 bits per heavy atom. The Morgan fingerprint density at radius 3 is 2.24 bits per heavy atom. The van der Waals surface area contributed by atoms with Gasteiger partial charge >= 0.3 is 0 Å². The lowest BCUT2D eigenvalue weighted by molar-refractivity contribution is -0.136. The van der Waals surface area contributed by atoms with E-state index in [1.807, 2.05) is 30.3 Å². The molecule has 2 aromatic carbocycles. The molecule has 1 aliphatic rings. The highest BCUT2D eigenvalue weighted by Gasteiger charge is 2.44. The van der Waals surface area contributed by atoms with Crippen LogP contribution >= 0.6 is 0 Å². The molecule has 2 aromatic rings. The van der Waals surface area contributed by atoms with Crippen molar-refractivity contribution in [2.75, 3.05) is 0 Å². The standard InChI is InChI=1S/C18H16N2O5/c1-10(21)15(16(22)19-25)20-17(23)13-8-7-12(9-14(13)18(20)24)11-5-3-2-4-6-11/h2-10,15,21,25H,1H3,(H,19,22). The second-order valence-corrected chi connectivity index (χ2v) is 5.77. The van der Waals surface area contributed by atoms with E-state index in [2.05, 4.69) is 0 Å². The number of amides is 3. The highest BCUT2D eigenvalue weighted by atomic mass is 16.5. The van der Waals surface area contributed by atoms with Crippen molar-refractivity contribution >= 4 is 17.7 Å². The maximum absolute atomic E-state index is 12.7. The first-order valence-corrected chi connectivity index (χ1v) is 7.65. The molecule has 3 amide bonds. The molecule has 0 spiro atoms. The molecule has 1 heterocycles. The number of nitrogens with one attached hydrogen (secondary N) is 1. The van der Waals surface area contributed by atoms with Gasteiger partial charge < -0.3 is 5.11 Å². The molecule has 3 N–H and O–H groups in total. The fraction of sp³-hybridized carbons (Fsp3) is 0.167. The largest absolute Gasteiger partial charge is 0.391 e. The third-order valence-electron chi connectivity index (χ3n) is 4.14. The molecule has 0 bridgehead atoms. The van der Waals surface area contributed by atoms with Crippen molar-refractivity contribution in [3.8, 4) is 11.1 Å². The second kappa shape index (κ2) is 6.46. The SMILES string of the molecule is CC(O)C(C(=O)NO)N1C(=O)c2ccc(-c3ccccc3)cc2C1=O. The number of aliphatic hydroxyl groups excluding tert-OH is 1. The van der Waals surface area contributed by atoms with E-state index in [0.29, 0.717) is 4.90 Å². The molecular weight excluding hydrogens is 324 g/mol. The Kier molecular flexibility index (Phi) is 4.35. The normalized spacial score (nSPS) is 15.7. The average molecular weight is 340 g/mol. The molecule has 3 rings (SSSR count). The van der Waals surface area contributed by atoms with Gasteiger partial charge in [0.1, 0.15) is 6.04 Å². The van der Waals surface area contributed by atoms with E-state index in [1.165, 1.54) is 18.5 Å². The number of hydrogen-bond donors (Lipinski definition) is 3. The average Bonchev–Trinajstić information content (AvgIpc) is 2.87. The number of aliphatic hydroxyl groups is 1. The maximum atomic E-state index is 12.7. The van der Waals surface area contributed by atoms with E-state index in [9.17, 15) is 19.5 Å². The van der Waals surface area contributed by atoms with Crippen LogP contribution in [0.4, 0.5) is 0 Å². The zero-order chi connectivity index (χ0) is 18.1. The molecule has 25 heavy (non-hydrogen) atoms. The lowest BCUT2D eigenvalue weighted by Crippen LogP contribution is -2.54. The van der Waals surface area contributed by atoms with Gasteiger partial charge in [-0.1, -0.05) is 36.4 Å². The van der Waals surface area contributed by atoms with Crippen molar-refractivity contribution in [2.24, 2.45) is 0 Å². The molecule has 1 aliphatic heterocycles. The lowest BCUT2D eigenvalue weighted by atomic mass is 10.0. The summed E-state index contributed by atoms with van der Waals surface area (Å²) in [5.74, 6) is -2.41. The number of hydrogen-bond acceptors (Lipinski definition) is 5. The zero-order valence-electron chi connectivity index (χ0n) is 13.3. The quantitative estimate of drug-likeness (QED) is 0.440. The fourth-order valence-electron chi connectivity index (χ4n) is 2.94. The minimum Gasteiger partial charge on any atom is -0.391 e.